The monoisotopic (exact) mass is 548 g/mol. The lowest BCUT2D eigenvalue weighted by Crippen LogP contribution is -2.33. The third kappa shape index (κ3) is 5.28. The number of rotatable bonds is 7. The highest BCUT2D eigenvalue weighted by Crippen LogP contribution is 2.32. The lowest BCUT2D eigenvalue weighted by atomic mass is 10.1. The van der Waals surface area contributed by atoms with Crippen LogP contribution in [0.15, 0.2) is 82.0 Å². The normalized spacial score (nSPS) is 13.6. The number of hydrogen-bond donors (Lipinski definition) is 3. The van der Waals surface area contributed by atoms with Crippen LogP contribution in [-0.4, -0.2) is 37.7 Å². The zero-order chi connectivity index (χ0) is 25.7. The fourth-order valence-electron chi connectivity index (χ4n) is 3.53. The van der Waals surface area contributed by atoms with Crippen molar-refractivity contribution in [3.8, 4) is 11.5 Å². The summed E-state index contributed by atoms with van der Waals surface area (Å²) in [6.45, 7) is 0. The van der Waals surface area contributed by atoms with Gasteiger partial charge in [0.05, 0.1) is 19.9 Å². The van der Waals surface area contributed by atoms with E-state index in [4.69, 9.17) is 9.47 Å². The number of carbonyl (C=O) groups excluding carboxylic acids is 3. The molecule has 0 aliphatic carbocycles. The Bertz CT molecular complexity index is 1400. The predicted molar refractivity (Wildman–Crippen MR) is 139 cm³/mol. The number of para-hydroxylation sites is 1. The predicted octanol–water partition coefficient (Wildman–Crippen LogP) is 3.71. The first-order chi connectivity index (χ1) is 17.4. The van der Waals surface area contributed by atoms with Gasteiger partial charge in [0, 0.05) is 21.2 Å². The Morgan fingerprint density at radius 2 is 1.78 bits per heavy atom. The first-order valence-corrected chi connectivity index (χ1v) is 11.5. The van der Waals surface area contributed by atoms with Crippen molar-refractivity contribution in [1.29, 1.82) is 0 Å². The van der Waals surface area contributed by atoms with Crippen molar-refractivity contribution in [1.82, 2.24) is 10.7 Å². The Kier molecular flexibility index (Phi) is 7.45. The van der Waals surface area contributed by atoms with Gasteiger partial charge >= 0.3 is 0 Å². The minimum Gasteiger partial charge on any atom is -0.493 e. The second-order valence-electron chi connectivity index (χ2n) is 7.51. The summed E-state index contributed by atoms with van der Waals surface area (Å²) in [6.07, 6.45) is 1.44. The molecule has 182 valence electrons. The number of nitrogens with zero attached hydrogens (tertiary/aromatic N) is 1. The molecule has 0 radical (unpaired) electrons. The molecule has 1 aliphatic rings. The van der Waals surface area contributed by atoms with E-state index in [1.165, 1.54) is 20.3 Å². The Balaban J connectivity index is 1.69. The van der Waals surface area contributed by atoms with Gasteiger partial charge in [-0.1, -0.05) is 46.3 Å². The summed E-state index contributed by atoms with van der Waals surface area (Å²) in [5.41, 5.74) is 4.24. The molecule has 3 N–H and O–H groups in total. The Morgan fingerprint density at radius 1 is 1.00 bits per heavy atom. The molecule has 0 atom stereocenters. The van der Waals surface area contributed by atoms with E-state index in [-0.39, 0.29) is 11.4 Å². The molecule has 0 bridgehead atoms. The molecule has 0 aromatic heterocycles. The van der Waals surface area contributed by atoms with E-state index in [2.05, 4.69) is 37.1 Å². The number of amides is 3. The maximum absolute atomic E-state index is 13.2. The summed E-state index contributed by atoms with van der Waals surface area (Å²) in [6, 6.07) is 18.8. The van der Waals surface area contributed by atoms with Crippen LogP contribution in [0.4, 0.5) is 5.69 Å². The number of halogens is 1. The van der Waals surface area contributed by atoms with Crippen molar-refractivity contribution in [2.75, 3.05) is 19.5 Å². The van der Waals surface area contributed by atoms with Crippen molar-refractivity contribution >= 4 is 51.1 Å². The fourth-order valence-corrected chi connectivity index (χ4v) is 3.89. The number of anilines is 1. The molecule has 4 rings (SSSR count). The standard InChI is InChI=1S/C26H21BrN4O5/c1-35-21-10-6-9-16(23(21)36-2)13-20(29-24(32)15-7-4-3-5-8-15)25(33)31-30-22-18-14-17(27)11-12-19(18)28-26(22)34/h3-14H,1-2H3,(H,29,32)(H,31,33)(H,28,30,34)/b20-13-. The van der Waals surface area contributed by atoms with Crippen molar-refractivity contribution in [3.63, 3.8) is 0 Å². The highest BCUT2D eigenvalue weighted by molar-refractivity contribution is 9.10. The molecule has 0 unspecified atom stereocenters. The number of hydrogen-bond acceptors (Lipinski definition) is 6. The van der Waals surface area contributed by atoms with E-state index in [1.54, 1.807) is 66.7 Å². The van der Waals surface area contributed by atoms with Crippen LogP contribution in [0, 0.1) is 0 Å². The van der Waals surface area contributed by atoms with Gasteiger partial charge in [0.1, 0.15) is 5.70 Å². The highest BCUT2D eigenvalue weighted by atomic mass is 79.9. The summed E-state index contributed by atoms with van der Waals surface area (Å²) in [4.78, 5) is 38.5. The van der Waals surface area contributed by atoms with E-state index in [0.29, 0.717) is 33.9 Å². The number of benzene rings is 3. The zero-order valence-corrected chi connectivity index (χ0v) is 20.9. The van der Waals surface area contributed by atoms with Gasteiger partial charge in [0.25, 0.3) is 17.7 Å². The summed E-state index contributed by atoms with van der Waals surface area (Å²) in [5, 5.41) is 9.36. The van der Waals surface area contributed by atoms with Gasteiger partial charge in [0.15, 0.2) is 17.2 Å². The highest BCUT2D eigenvalue weighted by Gasteiger charge is 2.27. The van der Waals surface area contributed by atoms with Crippen molar-refractivity contribution in [2.24, 2.45) is 5.10 Å². The van der Waals surface area contributed by atoms with E-state index < -0.39 is 17.7 Å². The maximum atomic E-state index is 13.2. The first-order valence-electron chi connectivity index (χ1n) is 10.7. The number of ether oxygens (including phenoxy) is 2. The van der Waals surface area contributed by atoms with E-state index in [1.807, 2.05) is 0 Å². The number of fused-ring (bicyclic) bond motifs is 1. The van der Waals surface area contributed by atoms with Crippen LogP contribution in [0.2, 0.25) is 0 Å². The second-order valence-corrected chi connectivity index (χ2v) is 8.42. The van der Waals surface area contributed by atoms with Crippen LogP contribution in [0.25, 0.3) is 6.08 Å². The minimum absolute atomic E-state index is 0.0346. The molecule has 9 nitrogen and oxygen atoms in total. The topological polar surface area (TPSA) is 118 Å². The zero-order valence-electron chi connectivity index (χ0n) is 19.3. The number of carbonyl (C=O) groups is 3. The minimum atomic E-state index is -0.743. The van der Waals surface area contributed by atoms with Crippen LogP contribution in [0.1, 0.15) is 21.5 Å². The summed E-state index contributed by atoms with van der Waals surface area (Å²) in [7, 11) is 2.97. The van der Waals surface area contributed by atoms with Gasteiger partial charge in [0.2, 0.25) is 0 Å². The van der Waals surface area contributed by atoms with E-state index in [9.17, 15) is 14.4 Å². The quantitative estimate of drug-likeness (QED) is 0.307. The SMILES string of the molecule is COc1cccc(/C=C(\NC(=O)c2ccccc2)C(=O)N/N=C2\C(=O)Nc3ccc(Br)cc32)c1OC. The molecular formula is C26H21BrN4O5. The average molecular weight is 549 g/mol. The molecule has 3 aromatic rings. The molecule has 10 heteroatoms. The second kappa shape index (κ2) is 10.9. The number of nitrogens with one attached hydrogen (secondary N) is 3. The summed E-state index contributed by atoms with van der Waals surface area (Å²) >= 11 is 3.37. The molecule has 0 saturated carbocycles. The van der Waals surface area contributed by atoms with Gasteiger partial charge in [-0.3, -0.25) is 14.4 Å². The molecule has 0 saturated heterocycles. The molecule has 0 spiro atoms. The third-order valence-corrected chi connectivity index (χ3v) is 5.72. The molecule has 36 heavy (non-hydrogen) atoms. The van der Waals surface area contributed by atoms with E-state index in [0.717, 1.165) is 4.47 Å². The van der Waals surface area contributed by atoms with Crippen LogP contribution in [0.5, 0.6) is 11.5 Å². The smallest absolute Gasteiger partial charge is 0.287 e. The third-order valence-electron chi connectivity index (χ3n) is 5.23. The van der Waals surface area contributed by atoms with Gasteiger partial charge < -0.3 is 20.1 Å². The largest absolute Gasteiger partial charge is 0.493 e. The molecule has 3 amide bonds. The van der Waals surface area contributed by atoms with Crippen molar-refractivity contribution in [3.05, 3.63) is 93.6 Å². The summed E-state index contributed by atoms with van der Waals surface area (Å²) < 4.78 is 11.5. The Morgan fingerprint density at radius 3 is 2.50 bits per heavy atom. The van der Waals surface area contributed by atoms with Crippen molar-refractivity contribution < 1.29 is 23.9 Å². The fraction of sp³-hybridized carbons (Fsp3) is 0.0769. The van der Waals surface area contributed by atoms with Gasteiger partial charge in [-0.25, -0.2) is 5.43 Å². The lowest BCUT2D eigenvalue weighted by Gasteiger charge is -2.13. The number of hydrazone groups is 1. The Labute approximate surface area is 215 Å². The van der Waals surface area contributed by atoms with E-state index >= 15 is 0 Å². The van der Waals surface area contributed by atoms with Crippen LogP contribution in [0.3, 0.4) is 0 Å². The van der Waals surface area contributed by atoms with Gasteiger partial charge in [-0.2, -0.15) is 5.10 Å². The Hall–Kier alpha value is -4.44. The molecule has 1 aliphatic heterocycles. The lowest BCUT2D eigenvalue weighted by molar-refractivity contribution is -0.117. The first kappa shape index (κ1) is 24.7. The average Bonchev–Trinajstić information content (AvgIpc) is 3.20. The van der Waals surface area contributed by atoms with Crippen molar-refractivity contribution in [2.45, 2.75) is 0 Å². The molecule has 3 aromatic carbocycles. The van der Waals surface area contributed by atoms with Crippen LogP contribution in [-0.2, 0) is 9.59 Å². The maximum Gasteiger partial charge on any atom is 0.287 e. The molecule has 0 fully saturated rings. The van der Waals surface area contributed by atoms with Gasteiger partial charge in [-0.15, -0.1) is 0 Å². The van der Waals surface area contributed by atoms with Gasteiger partial charge in [-0.05, 0) is 42.5 Å². The van der Waals surface area contributed by atoms with Crippen LogP contribution < -0.4 is 25.5 Å². The number of methoxy groups -OCH3 is 2. The molecule has 1 heterocycles. The molecular weight excluding hydrogens is 528 g/mol. The van der Waals surface area contributed by atoms with Crippen LogP contribution >= 0.6 is 15.9 Å². The summed E-state index contributed by atoms with van der Waals surface area (Å²) in [5.74, 6) is -0.881.